The number of benzene rings is 6. The summed E-state index contributed by atoms with van der Waals surface area (Å²) >= 11 is 0. The van der Waals surface area contributed by atoms with E-state index in [4.69, 9.17) is 19.9 Å². The fraction of sp³-hybridized carbons (Fsp3) is 0. The molecule has 0 aliphatic rings. The summed E-state index contributed by atoms with van der Waals surface area (Å²) in [5, 5.41) is 4.49. The standard InChI is InChI=1S/C44H27N5/c1-2-11-31-26-33(24-21-28(31)10-1)40-35-14-3-6-17-38(35)46-44(48-40)34-13-9-12-32(27-34)29-19-22-30(23-20-29)41-43-42(36-15-4-5-16-37(36)45-41)47-39-18-7-8-25-49(39)43/h1-27H. The van der Waals surface area contributed by atoms with Gasteiger partial charge in [0, 0.05) is 33.7 Å². The Kier molecular flexibility index (Phi) is 6.11. The summed E-state index contributed by atoms with van der Waals surface area (Å²) in [4.78, 5) is 20.4. The van der Waals surface area contributed by atoms with Crippen LogP contribution in [0.25, 0.3) is 94.3 Å². The fourth-order valence-corrected chi connectivity index (χ4v) is 6.98. The third-order valence-corrected chi connectivity index (χ3v) is 9.38. The summed E-state index contributed by atoms with van der Waals surface area (Å²) in [6.45, 7) is 0. The molecule has 0 spiro atoms. The predicted molar refractivity (Wildman–Crippen MR) is 200 cm³/mol. The number of hydrogen-bond acceptors (Lipinski definition) is 4. The van der Waals surface area contributed by atoms with Crippen molar-refractivity contribution in [1.82, 2.24) is 24.3 Å². The van der Waals surface area contributed by atoms with E-state index in [0.717, 1.165) is 77.7 Å². The Labute approximate surface area is 281 Å². The van der Waals surface area contributed by atoms with E-state index < -0.39 is 0 Å². The van der Waals surface area contributed by atoms with Crippen LogP contribution in [0.3, 0.4) is 0 Å². The van der Waals surface area contributed by atoms with Gasteiger partial charge in [-0.3, -0.25) is 4.40 Å². The molecule has 0 atom stereocenters. The van der Waals surface area contributed by atoms with Crippen molar-refractivity contribution in [1.29, 1.82) is 0 Å². The predicted octanol–water partition coefficient (Wildman–Crippen LogP) is 10.8. The molecule has 0 aliphatic carbocycles. The Morgan fingerprint density at radius 2 is 1.08 bits per heavy atom. The van der Waals surface area contributed by atoms with Crippen LogP contribution in [0.15, 0.2) is 164 Å². The SMILES string of the molecule is c1cc(-c2ccc(-c3nc4ccccc4c4nc5ccccn5c34)cc2)cc(-c2nc(-c3ccc4ccccc4c3)c3ccccc3n2)c1. The van der Waals surface area contributed by atoms with Gasteiger partial charge in [0.2, 0.25) is 0 Å². The zero-order valence-electron chi connectivity index (χ0n) is 26.3. The minimum absolute atomic E-state index is 0.704. The number of fused-ring (bicyclic) bond motifs is 7. The summed E-state index contributed by atoms with van der Waals surface area (Å²) in [6.07, 6.45) is 2.06. The maximum atomic E-state index is 5.18. The molecule has 0 amide bonds. The molecule has 228 valence electrons. The molecule has 0 bridgehead atoms. The first-order valence-electron chi connectivity index (χ1n) is 16.4. The van der Waals surface area contributed by atoms with E-state index in [1.807, 2.05) is 42.5 Å². The second kappa shape index (κ2) is 10.9. The van der Waals surface area contributed by atoms with Crippen LogP contribution in [0.1, 0.15) is 0 Å². The topological polar surface area (TPSA) is 56.0 Å². The van der Waals surface area contributed by atoms with Gasteiger partial charge in [-0.2, -0.15) is 0 Å². The molecule has 0 N–H and O–H groups in total. The highest BCUT2D eigenvalue weighted by atomic mass is 15.0. The van der Waals surface area contributed by atoms with Gasteiger partial charge in [0.15, 0.2) is 5.82 Å². The first kappa shape index (κ1) is 27.4. The lowest BCUT2D eigenvalue weighted by Crippen LogP contribution is -1.95. The Morgan fingerprint density at radius 3 is 1.96 bits per heavy atom. The third kappa shape index (κ3) is 4.55. The number of pyridine rings is 2. The van der Waals surface area contributed by atoms with Gasteiger partial charge in [-0.05, 0) is 58.3 Å². The molecule has 49 heavy (non-hydrogen) atoms. The average molecular weight is 626 g/mol. The average Bonchev–Trinajstić information content (AvgIpc) is 3.57. The molecule has 0 unspecified atom stereocenters. The molecule has 0 aliphatic heterocycles. The maximum Gasteiger partial charge on any atom is 0.160 e. The van der Waals surface area contributed by atoms with Crippen molar-refractivity contribution in [2.24, 2.45) is 0 Å². The van der Waals surface area contributed by atoms with E-state index in [2.05, 4.69) is 126 Å². The van der Waals surface area contributed by atoms with Gasteiger partial charge < -0.3 is 0 Å². The minimum atomic E-state index is 0.704. The minimum Gasteiger partial charge on any atom is -0.298 e. The largest absolute Gasteiger partial charge is 0.298 e. The lowest BCUT2D eigenvalue weighted by atomic mass is 9.99. The molecule has 5 heteroatoms. The number of nitrogens with zero attached hydrogens (tertiary/aromatic N) is 5. The highest BCUT2D eigenvalue weighted by molar-refractivity contribution is 6.09. The normalized spacial score (nSPS) is 11.7. The Bertz CT molecular complexity index is 2890. The number of hydrogen-bond donors (Lipinski definition) is 0. The summed E-state index contributed by atoms with van der Waals surface area (Å²) in [6, 6.07) is 54.7. The summed E-state index contributed by atoms with van der Waals surface area (Å²) in [5.74, 6) is 0.704. The molecular weight excluding hydrogens is 599 g/mol. The van der Waals surface area contributed by atoms with Crippen LogP contribution in [0, 0.1) is 0 Å². The number of imidazole rings is 1. The van der Waals surface area contributed by atoms with Gasteiger partial charge >= 0.3 is 0 Å². The van der Waals surface area contributed by atoms with E-state index in [1.165, 1.54) is 10.8 Å². The molecule has 4 heterocycles. The second-order valence-electron chi connectivity index (χ2n) is 12.3. The molecular formula is C44H27N5. The van der Waals surface area contributed by atoms with Crippen LogP contribution in [0.4, 0.5) is 0 Å². The van der Waals surface area contributed by atoms with Crippen LogP contribution < -0.4 is 0 Å². The van der Waals surface area contributed by atoms with Crippen LogP contribution in [-0.2, 0) is 0 Å². The molecule has 4 aromatic heterocycles. The zero-order valence-corrected chi connectivity index (χ0v) is 26.3. The quantitative estimate of drug-likeness (QED) is 0.195. The highest BCUT2D eigenvalue weighted by Gasteiger charge is 2.17. The van der Waals surface area contributed by atoms with E-state index in [-0.39, 0.29) is 0 Å². The zero-order chi connectivity index (χ0) is 32.3. The molecule has 6 aromatic carbocycles. The van der Waals surface area contributed by atoms with Crippen LogP contribution in [0.2, 0.25) is 0 Å². The molecule has 0 saturated carbocycles. The van der Waals surface area contributed by atoms with Gasteiger partial charge in [0.25, 0.3) is 0 Å². The molecule has 0 fully saturated rings. The van der Waals surface area contributed by atoms with Crippen molar-refractivity contribution in [2.75, 3.05) is 0 Å². The van der Waals surface area contributed by atoms with E-state index in [9.17, 15) is 0 Å². The van der Waals surface area contributed by atoms with Crippen molar-refractivity contribution in [2.45, 2.75) is 0 Å². The monoisotopic (exact) mass is 625 g/mol. The molecule has 0 saturated heterocycles. The summed E-state index contributed by atoms with van der Waals surface area (Å²) in [7, 11) is 0. The van der Waals surface area contributed by atoms with E-state index in [1.54, 1.807) is 0 Å². The van der Waals surface area contributed by atoms with E-state index in [0.29, 0.717) is 5.82 Å². The van der Waals surface area contributed by atoms with Crippen molar-refractivity contribution < 1.29 is 0 Å². The fourth-order valence-electron chi connectivity index (χ4n) is 6.98. The lowest BCUT2D eigenvalue weighted by Gasteiger charge is -2.11. The van der Waals surface area contributed by atoms with Gasteiger partial charge in [-0.1, -0.05) is 121 Å². The molecule has 5 nitrogen and oxygen atoms in total. The van der Waals surface area contributed by atoms with Crippen molar-refractivity contribution in [3.8, 4) is 45.0 Å². The van der Waals surface area contributed by atoms with Crippen LogP contribution in [0.5, 0.6) is 0 Å². The summed E-state index contributed by atoms with van der Waals surface area (Å²) < 4.78 is 2.14. The molecule has 10 aromatic rings. The Balaban J connectivity index is 1.06. The Hall–Kier alpha value is -6.72. The second-order valence-corrected chi connectivity index (χ2v) is 12.3. The van der Waals surface area contributed by atoms with Gasteiger partial charge in [-0.15, -0.1) is 0 Å². The molecule has 0 radical (unpaired) electrons. The van der Waals surface area contributed by atoms with Crippen molar-refractivity contribution in [3.05, 3.63) is 164 Å². The van der Waals surface area contributed by atoms with E-state index >= 15 is 0 Å². The van der Waals surface area contributed by atoms with Crippen molar-refractivity contribution in [3.63, 3.8) is 0 Å². The smallest absolute Gasteiger partial charge is 0.160 e. The van der Waals surface area contributed by atoms with Crippen molar-refractivity contribution >= 4 is 49.3 Å². The molecule has 10 rings (SSSR count). The third-order valence-electron chi connectivity index (χ3n) is 9.38. The van der Waals surface area contributed by atoms with Crippen LogP contribution >= 0.6 is 0 Å². The van der Waals surface area contributed by atoms with Crippen LogP contribution in [-0.4, -0.2) is 24.3 Å². The number of rotatable bonds is 4. The lowest BCUT2D eigenvalue weighted by molar-refractivity contribution is 1.22. The maximum absolute atomic E-state index is 5.18. The van der Waals surface area contributed by atoms with Gasteiger partial charge in [-0.25, -0.2) is 19.9 Å². The summed E-state index contributed by atoms with van der Waals surface area (Å²) in [5.41, 5.74) is 11.9. The van der Waals surface area contributed by atoms with Gasteiger partial charge in [0.05, 0.1) is 27.9 Å². The first-order valence-corrected chi connectivity index (χ1v) is 16.4. The number of aromatic nitrogens is 5. The Morgan fingerprint density at radius 1 is 0.388 bits per heavy atom. The number of para-hydroxylation sites is 2. The first-order chi connectivity index (χ1) is 24.3. The highest BCUT2D eigenvalue weighted by Crippen LogP contribution is 2.35. The van der Waals surface area contributed by atoms with Gasteiger partial charge in [0.1, 0.15) is 11.2 Å².